The van der Waals surface area contributed by atoms with E-state index in [9.17, 15) is 9.59 Å². The molecule has 1 atom stereocenters. The maximum Gasteiger partial charge on any atom is 0.265 e. The van der Waals surface area contributed by atoms with E-state index in [1.54, 1.807) is 53.8 Å². The van der Waals surface area contributed by atoms with Crippen molar-refractivity contribution in [1.82, 2.24) is 14.5 Å². The van der Waals surface area contributed by atoms with E-state index in [2.05, 4.69) is 4.98 Å². The number of rotatable bonds is 4. The van der Waals surface area contributed by atoms with Gasteiger partial charge in [0.15, 0.2) is 0 Å². The summed E-state index contributed by atoms with van der Waals surface area (Å²) in [6.07, 6.45) is 0. The van der Waals surface area contributed by atoms with Crippen LogP contribution >= 0.6 is 11.6 Å². The molecule has 4 aromatic rings. The summed E-state index contributed by atoms with van der Waals surface area (Å²) in [5, 5.41) is 1.22. The fraction of sp³-hybridized carbons (Fsp3) is 0.160. The summed E-state index contributed by atoms with van der Waals surface area (Å²) in [6.45, 7) is 3.77. The van der Waals surface area contributed by atoms with Crippen molar-refractivity contribution in [2.75, 3.05) is 7.05 Å². The lowest BCUT2D eigenvalue weighted by molar-refractivity contribution is 0.0742. The number of para-hydroxylation sites is 1. The second kappa shape index (κ2) is 8.36. The van der Waals surface area contributed by atoms with E-state index in [0.29, 0.717) is 33.0 Å². The SMILES string of the molecule is Cc1nc2ccccc2c(=O)n1-c1ccc(C(=O)N(C)C(C)c2ccc(Cl)cc2)cc1. The molecule has 3 aromatic carbocycles. The predicted molar refractivity (Wildman–Crippen MR) is 124 cm³/mol. The number of hydrogen-bond donors (Lipinski definition) is 0. The molecule has 0 saturated heterocycles. The van der Waals surface area contributed by atoms with Gasteiger partial charge in [-0.05, 0) is 67.9 Å². The molecule has 0 aliphatic heterocycles. The van der Waals surface area contributed by atoms with Gasteiger partial charge in [-0.15, -0.1) is 0 Å². The van der Waals surface area contributed by atoms with Crippen LogP contribution in [0.25, 0.3) is 16.6 Å². The molecular weight excluding hydrogens is 410 g/mol. The number of carbonyl (C=O) groups is 1. The van der Waals surface area contributed by atoms with Crippen molar-refractivity contribution in [3.63, 3.8) is 0 Å². The molecular formula is C25H22ClN3O2. The molecule has 0 spiro atoms. The van der Waals surface area contributed by atoms with Crippen molar-refractivity contribution in [1.29, 1.82) is 0 Å². The molecule has 1 heterocycles. The zero-order valence-electron chi connectivity index (χ0n) is 17.5. The Morgan fingerprint density at radius 1 is 1.00 bits per heavy atom. The first kappa shape index (κ1) is 20.8. The van der Waals surface area contributed by atoms with Gasteiger partial charge in [-0.3, -0.25) is 14.2 Å². The Labute approximate surface area is 185 Å². The van der Waals surface area contributed by atoms with Gasteiger partial charge >= 0.3 is 0 Å². The van der Waals surface area contributed by atoms with E-state index >= 15 is 0 Å². The zero-order chi connectivity index (χ0) is 22.1. The first-order valence-corrected chi connectivity index (χ1v) is 10.4. The van der Waals surface area contributed by atoms with Gasteiger partial charge in [0.25, 0.3) is 11.5 Å². The molecule has 31 heavy (non-hydrogen) atoms. The lowest BCUT2D eigenvalue weighted by atomic mass is 10.1. The summed E-state index contributed by atoms with van der Waals surface area (Å²) < 4.78 is 1.57. The van der Waals surface area contributed by atoms with Crippen molar-refractivity contribution < 1.29 is 4.79 Å². The molecule has 1 aromatic heterocycles. The van der Waals surface area contributed by atoms with Gasteiger partial charge in [-0.2, -0.15) is 0 Å². The fourth-order valence-corrected chi connectivity index (χ4v) is 3.77. The number of aromatic nitrogens is 2. The highest BCUT2D eigenvalue weighted by atomic mass is 35.5. The minimum Gasteiger partial charge on any atom is -0.335 e. The monoisotopic (exact) mass is 431 g/mol. The number of fused-ring (bicyclic) bond motifs is 1. The number of carbonyl (C=O) groups excluding carboxylic acids is 1. The third-order valence-electron chi connectivity index (χ3n) is 5.57. The molecule has 0 radical (unpaired) electrons. The first-order valence-electron chi connectivity index (χ1n) is 9.98. The normalized spacial score (nSPS) is 12.0. The second-order valence-electron chi connectivity index (χ2n) is 7.51. The minimum absolute atomic E-state index is 0.102. The molecule has 1 unspecified atom stereocenters. The van der Waals surface area contributed by atoms with E-state index in [1.807, 2.05) is 49.4 Å². The van der Waals surface area contributed by atoms with Gasteiger partial charge in [-0.1, -0.05) is 35.9 Å². The Kier molecular flexibility index (Phi) is 5.61. The Morgan fingerprint density at radius 3 is 2.32 bits per heavy atom. The molecule has 0 saturated carbocycles. The van der Waals surface area contributed by atoms with Gasteiger partial charge in [0.2, 0.25) is 0 Å². The highest BCUT2D eigenvalue weighted by molar-refractivity contribution is 6.30. The quantitative estimate of drug-likeness (QED) is 0.447. The number of nitrogens with zero attached hydrogens (tertiary/aromatic N) is 3. The lowest BCUT2D eigenvalue weighted by Gasteiger charge is -2.25. The number of benzene rings is 3. The summed E-state index contributed by atoms with van der Waals surface area (Å²) >= 11 is 5.96. The van der Waals surface area contributed by atoms with Crippen LogP contribution in [0.15, 0.2) is 77.6 Å². The zero-order valence-corrected chi connectivity index (χ0v) is 18.3. The van der Waals surface area contributed by atoms with Crippen molar-refractivity contribution in [2.24, 2.45) is 0 Å². The number of aryl methyl sites for hydroxylation is 1. The molecule has 6 heteroatoms. The summed E-state index contributed by atoms with van der Waals surface area (Å²) in [5.41, 5.74) is 2.76. The Morgan fingerprint density at radius 2 is 1.65 bits per heavy atom. The van der Waals surface area contributed by atoms with Gasteiger partial charge < -0.3 is 4.90 Å². The first-order chi connectivity index (χ1) is 14.9. The molecule has 0 aliphatic rings. The van der Waals surface area contributed by atoms with Crippen LogP contribution in [0.1, 0.15) is 34.7 Å². The van der Waals surface area contributed by atoms with Crippen LogP contribution in [-0.4, -0.2) is 27.4 Å². The van der Waals surface area contributed by atoms with Crippen molar-refractivity contribution in [2.45, 2.75) is 19.9 Å². The Balaban J connectivity index is 1.62. The largest absolute Gasteiger partial charge is 0.335 e. The average molecular weight is 432 g/mol. The van der Waals surface area contributed by atoms with Crippen LogP contribution in [0, 0.1) is 6.92 Å². The van der Waals surface area contributed by atoms with Gasteiger partial charge in [-0.25, -0.2) is 4.98 Å². The molecule has 156 valence electrons. The number of amides is 1. The standard InChI is InChI=1S/C25H22ClN3O2/c1-16(18-8-12-20(26)13-9-18)28(3)24(30)19-10-14-21(15-11-19)29-17(2)27-23-7-5-4-6-22(23)25(29)31/h4-16H,1-3H3. The maximum atomic E-state index is 13.0. The smallest absolute Gasteiger partial charge is 0.265 e. The summed E-state index contributed by atoms with van der Waals surface area (Å²) in [4.78, 5) is 32.2. The Hall–Kier alpha value is -3.44. The second-order valence-corrected chi connectivity index (χ2v) is 7.94. The van der Waals surface area contributed by atoms with Crippen molar-refractivity contribution >= 4 is 28.4 Å². The minimum atomic E-state index is -0.129. The van der Waals surface area contributed by atoms with E-state index in [4.69, 9.17) is 11.6 Å². The summed E-state index contributed by atoms with van der Waals surface area (Å²) in [6, 6.07) is 21.7. The van der Waals surface area contributed by atoms with Crippen LogP contribution in [-0.2, 0) is 0 Å². The average Bonchev–Trinajstić information content (AvgIpc) is 2.78. The summed E-state index contributed by atoms with van der Waals surface area (Å²) in [5.74, 6) is 0.492. The van der Waals surface area contributed by atoms with Crippen molar-refractivity contribution in [3.05, 3.63) is 105 Å². The number of halogens is 1. The highest BCUT2D eigenvalue weighted by Crippen LogP contribution is 2.23. The van der Waals surface area contributed by atoms with E-state index in [-0.39, 0.29) is 17.5 Å². The van der Waals surface area contributed by atoms with E-state index in [1.165, 1.54) is 0 Å². The molecule has 0 N–H and O–H groups in total. The van der Waals surface area contributed by atoms with E-state index < -0.39 is 0 Å². The van der Waals surface area contributed by atoms with Gasteiger partial charge in [0.05, 0.1) is 22.6 Å². The highest BCUT2D eigenvalue weighted by Gasteiger charge is 2.19. The van der Waals surface area contributed by atoms with E-state index in [0.717, 1.165) is 5.56 Å². The van der Waals surface area contributed by atoms with Gasteiger partial charge in [0.1, 0.15) is 5.82 Å². The molecule has 0 fully saturated rings. The van der Waals surface area contributed by atoms with Crippen LogP contribution in [0.5, 0.6) is 0 Å². The lowest BCUT2D eigenvalue weighted by Crippen LogP contribution is -2.29. The van der Waals surface area contributed by atoms with Crippen LogP contribution in [0.2, 0.25) is 5.02 Å². The van der Waals surface area contributed by atoms with Crippen molar-refractivity contribution in [3.8, 4) is 5.69 Å². The molecule has 4 rings (SSSR count). The third-order valence-corrected chi connectivity index (χ3v) is 5.82. The third kappa shape index (κ3) is 3.97. The fourth-order valence-electron chi connectivity index (χ4n) is 3.65. The van der Waals surface area contributed by atoms with Crippen LogP contribution < -0.4 is 5.56 Å². The topological polar surface area (TPSA) is 55.2 Å². The number of hydrogen-bond acceptors (Lipinski definition) is 3. The Bertz CT molecular complexity index is 1310. The van der Waals surface area contributed by atoms with Crippen LogP contribution in [0.4, 0.5) is 0 Å². The van der Waals surface area contributed by atoms with Crippen LogP contribution in [0.3, 0.4) is 0 Å². The summed E-state index contributed by atoms with van der Waals surface area (Å²) in [7, 11) is 1.78. The van der Waals surface area contributed by atoms with Gasteiger partial charge in [0, 0.05) is 17.6 Å². The molecule has 0 bridgehead atoms. The predicted octanol–water partition coefficient (Wildman–Crippen LogP) is 5.18. The molecule has 0 aliphatic carbocycles. The molecule has 1 amide bonds. The maximum absolute atomic E-state index is 13.0. The molecule has 5 nitrogen and oxygen atoms in total.